The fraction of sp³-hybridized carbons (Fsp3) is 0.231. The molecule has 11 heteroatoms. The van der Waals surface area contributed by atoms with Gasteiger partial charge in [-0.1, -0.05) is 36.4 Å². The second-order valence-electron chi connectivity index (χ2n) is 9.12. The van der Waals surface area contributed by atoms with E-state index < -0.39 is 52.0 Å². The maximum absolute atomic E-state index is 13.8. The van der Waals surface area contributed by atoms with Gasteiger partial charge in [0.2, 0.25) is 17.7 Å². The number of amides is 3. The van der Waals surface area contributed by atoms with Crippen LogP contribution in [0, 0.1) is 22.0 Å². The highest BCUT2D eigenvalue weighted by Crippen LogP contribution is 2.56. The molecule has 3 amide bonds. The lowest BCUT2D eigenvalue weighted by Crippen LogP contribution is -2.57. The molecule has 3 heterocycles. The number of carboxylic acids is 1. The lowest BCUT2D eigenvalue weighted by molar-refractivity contribution is -0.385. The zero-order valence-electron chi connectivity index (χ0n) is 19.5. The van der Waals surface area contributed by atoms with E-state index in [-0.39, 0.29) is 23.4 Å². The fourth-order valence-electron chi connectivity index (χ4n) is 5.51. The molecule has 3 aromatic rings. The molecule has 1 N–H and O–H groups in total. The summed E-state index contributed by atoms with van der Waals surface area (Å²) in [6.07, 6.45) is -0.143. The van der Waals surface area contributed by atoms with Gasteiger partial charge in [0.15, 0.2) is 5.54 Å². The molecular weight excluding hydrogens is 498 g/mol. The number of rotatable bonds is 6. The van der Waals surface area contributed by atoms with E-state index in [1.807, 2.05) is 0 Å². The molecule has 2 aliphatic heterocycles. The zero-order chi connectivity index (χ0) is 26.5. The predicted molar refractivity (Wildman–Crippen MR) is 133 cm³/mol. The highest BCUT2D eigenvalue weighted by atomic mass is 32.1. The zero-order valence-corrected chi connectivity index (χ0v) is 20.3. The fourth-order valence-corrected chi connectivity index (χ4v) is 6.20. The molecule has 2 aliphatic rings. The Bertz CT molecular complexity index is 1420. The van der Waals surface area contributed by atoms with Gasteiger partial charge in [-0.3, -0.25) is 24.5 Å². The van der Waals surface area contributed by atoms with Gasteiger partial charge in [-0.05, 0) is 36.1 Å². The summed E-state index contributed by atoms with van der Waals surface area (Å²) in [5, 5.41) is 23.7. The highest BCUT2D eigenvalue weighted by Gasteiger charge is 2.71. The first kappa shape index (κ1) is 24.3. The molecule has 0 spiro atoms. The number of hydrogen-bond acceptors (Lipinski definition) is 7. The number of hydrogen-bond donors (Lipinski definition) is 1. The van der Waals surface area contributed by atoms with E-state index in [0.29, 0.717) is 4.88 Å². The monoisotopic (exact) mass is 519 g/mol. The normalized spacial score (nSPS) is 24.8. The smallest absolute Gasteiger partial charge is 0.330 e. The average Bonchev–Trinajstić information content (AvgIpc) is 3.55. The Labute approximate surface area is 214 Å². The number of carbonyl (C=O) groups excluding carboxylic acids is 3. The Morgan fingerprint density at radius 3 is 2.41 bits per heavy atom. The van der Waals surface area contributed by atoms with E-state index in [1.54, 1.807) is 47.8 Å². The Morgan fingerprint density at radius 1 is 1.05 bits per heavy atom. The quantitative estimate of drug-likeness (QED) is 0.299. The number of anilines is 1. The summed E-state index contributed by atoms with van der Waals surface area (Å²) in [7, 11) is 0. The van der Waals surface area contributed by atoms with Crippen LogP contribution in [-0.4, -0.2) is 44.2 Å². The van der Waals surface area contributed by atoms with Gasteiger partial charge in [0.1, 0.15) is 0 Å². The Balaban J connectivity index is 1.70. The molecular formula is C26H21N3O7S. The maximum atomic E-state index is 13.8. The van der Waals surface area contributed by atoms with Crippen molar-refractivity contribution in [3.05, 3.63) is 92.7 Å². The standard InChI is InChI=1S/C26H21N3O7S/c1-26(25(33)34)21-20(23(31)27(24(21)32)16-8-3-2-4-9-16)22(15-7-5-10-17(13-15)29(35)36)28(26)19(30)14-18-11-6-12-37-18/h2-13,20-22H,14H2,1H3,(H,33,34). The van der Waals surface area contributed by atoms with Gasteiger partial charge in [0, 0.05) is 17.0 Å². The van der Waals surface area contributed by atoms with E-state index in [9.17, 15) is 34.4 Å². The van der Waals surface area contributed by atoms with Crippen LogP contribution in [0.4, 0.5) is 11.4 Å². The first-order valence-corrected chi connectivity index (χ1v) is 12.3. The molecule has 4 atom stereocenters. The summed E-state index contributed by atoms with van der Waals surface area (Å²) in [5.41, 5.74) is -1.86. The second-order valence-corrected chi connectivity index (χ2v) is 10.2. The molecule has 37 heavy (non-hydrogen) atoms. The lowest BCUT2D eigenvalue weighted by Gasteiger charge is -2.38. The first-order chi connectivity index (χ1) is 17.7. The van der Waals surface area contributed by atoms with Gasteiger partial charge in [-0.15, -0.1) is 11.3 Å². The van der Waals surface area contributed by atoms with Crippen LogP contribution >= 0.6 is 11.3 Å². The van der Waals surface area contributed by atoms with Crippen LogP contribution < -0.4 is 4.90 Å². The summed E-state index contributed by atoms with van der Waals surface area (Å²) in [5.74, 6) is -6.06. The Kier molecular flexibility index (Phi) is 5.87. The molecule has 2 fully saturated rings. The second kappa shape index (κ2) is 8.93. The van der Waals surface area contributed by atoms with Gasteiger partial charge < -0.3 is 10.0 Å². The topological polar surface area (TPSA) is 138 Å². The average molecular weight is 520 g/mol. The minimum absolute atomic E-state index is 0.143. The van der Waals surface area contributed by atoms with Crippen LogP contribution in [0.25, 0.3) is 0 Å². The van der Waals surface area contributed by atoms with Crippen molar-refractivity contribution in [1.29, 1.82) is 0 Å². The van der Waals surface area contributed by atoms with E-state index in [2.05, 4.69) is 0 Å². The van der Waals surface area contributed by atoms with Gasteiger partial charge in [-0.25, -0.2) is 9.69 Å². The molecule has 2 aromatic carbocycles. The molecule has 0 saturated carbocycles. The number of likely N-dealkylation sites (tertiary alicyclic amines) is 1. The summed E-state index contributed by atoms with van der Waals surface area (Å²) >= 11 is 1.32. The number of nitro groups is 1. The van der Waals surface area contributed by atoms with Crippen molar-refractivity contribution >= 4 is 46.4 Å². The van der Waals surface area contributed by atoms with Crippen molar-refractivity contribution in [1.82, 2.24) is 4.90 Å². The lowest BCUT2D eigenvalue weighted by atomic mass is 9.80. The summed E-state index contributed by atoms with van der Waals surface area (Å²) < 4.78 is 0. The number of fused-ring (bicyclic) bond motifs is 1. The van der Waals surface area contributed by atoms with Crippen molar-refractivity contribution < 1.29 is 29.2 Å². The van der Waals surface area contributed by atoms with Crippen LogP contribution in [-0.2, 0) is 25.6 Å². The van der Waals surface area contributed by atoms with Crippen molar-refractivity contribution in [2.75, 3.05) is 4.90 Å². The molecule has 5 rings (SSSR count). The number of nitrogens with zero attached hydrogens (tertiary/aromatic N) is 3. The number of carbonyl (C=O) groups is 4. The largest absolute Gasteiger partial charge is 0.479 e. The predicted octanol–water partition coefficient (Wildman–Crippen LogP) is 3.43. The van der Waals surface area contributed by atoms with Gasteiger partial charge in [-0.2, -0.15) is 0 Å². The molecule has 188 valence electrons. The summed E-state index contributed by atoms with van der Waals surface area (Å²) in [6, 6.07) is 15.8. The van der Waals surface area contributed by atoms with Crippen LogP contribution in [0.3, 0.4) is 0 Å². The number of imide groups is 1. The van der Waals surface area contributed by atoms with Gasteiger partial charge in [0.25, 0.3) is 5.69 Å². The third kappa shape index (κ3) is 3.70. The molecule has 10 nitrogen and oxygen atoms in total. The minimum Gasteiger partial charge on any atom is -0.479 e. The van der Waals surface area contributed by atoms with Crippen molar-refractivity contribution in [3.63, 3.8) is 0 Å². The van der Waals surface area contributed by atoms with Crippen molar-refractivity contribution in [2.45, 2.75) is 24.9 Å². The molecule has 0 bridgehead atoms. The van der Waals surface area contributed by atoms with Crippen molar-refractivity contribution in [3.8, 4) is 0 Å². The SMILES string of the molecule is CC1(C(=O)O)C2C(=O)N(c3ccccc3)C(=O)C2C(c2cccc([N+](=O)[O-])c2)N1C(=O)Cc1cccs1. The highest BCUT2D eigenvalue weighted by molar-refractivity contribution is 7.10. The summed E-state index contributed by atoms with van der Waals surface area (Å²) in [4.78, 5) is 67.8. The Hall–Kier alpha value is -4.38. The number of thiophene rings is 1. The maximum Gasteiger partial charge on any atom is 0.330 e. The minimum atomic E-state index is -2.08. The molecule has 4 unspecified atom stereocenters. The van der Waals surface area contributed by atoms with E-state index in [4.69, 9.17) is 0 Å². The third-order valence-corrected chi connectivity index (χ3v) is 8.00. The number of benzene rings is 2. The van der Waals surface area contributed by atoms with E-state index >= 15 is 0 Å². The van der Waals surface area contributed by atoms with Crippen molar-refractivity contribution in [2.24, 2.45) is 11.8 Å². The molecule has 0 radical (unpaired) electrons. The van der Waals surface area contributed by atoms with Gasteiger partial charge in [0.05, 0.1) is 34.9 Å². The Morgan fingerprint density at radius 2 is 1.78 bits per heavy atom. The number of para-hydroxylation sites is 1. The number of non-ortho nitro benzene ring substituents is 1. The van der Waals surface area contributed by atoms with E-state index in [1.165, 1.54) is 42.5 Å². The van der Waals surface area contributed by atoms with Crippen LogP contribution in [0.5, 0.6) is 0 Å². The van der Waals surface area contributed by atoms with Gasteiger partial charge >= 0.3 is 5.97 Å². The van der Waals surface area contributed by atoms with Crippen LogP contribution in [0.1, 0.15) is 23.4 Å². The van der Waals surface area contributed by atoms with E-state index in [0.717, 1.165) is 9.80 Å². The molecule has 1 aromatic heterocycles. The molecule has 2 saturated heterocycles. The third-order valence-electron chi connectivity index (χ3n) is 7.12. The first-order valence-electron chi connectivity index (χ1n) is 11.4. The summed E-state index contributed by atoms with van der Waals surface area (Å²) in [6.45, 7) is 1.27. The van der Waals surface area contributed by atoms with Crippen LogP contribution in [0.2, 0.25) is 0 Å². The number of carboxylic acid groups (broad SMARTS) is 1. The number of aliphatic carboxylic acids is 1. The number of nitro benzene ring substituents is 1. The molecule has 0 aliphatic carbocycles. The van der Waals surface area contributed by atoms with Crippen LogP contribution in [0.15, 0.2) is 72.1 Å².